The van der Waals surface area contributed by atoms with E-state index in [4.69, 9.17) is 17.3 Å². The molecular formula is C10H12ClN5O2S2. The molecule has 0 aliphatic carbocycles. The summed E-state index contributed by atoms with van der Waals surface area (Å²) in [7, 11) is -2.03. The smallest absolute Gasteiger partial charge is 0.249 e. The minimum absolute atomic E-state index is 0.0737. The first-order valence-electron chi connectivity index (χ1n) is 5.47. The number of rotatable bonds is 5. The number of hydrogen-bond acceptors (Lipinski definition) is 7. The second-order valence-electron chi connectivity index (χ2n) is 3.72. The lowest BCUT2D eigenvalue weighted by atomic mass is 10.4. The van der Waals surface area contributed by atoms with Crippen LogP contribution in [0.15, 0.2) is 22.4 Å². The van der Waals surface area contributed by atoms with Crippen LogP contribution in [0.2, 0.25) is 5.15 Å². The molecule has 10 heteroatoms. The van der Waals surface area contributed by atoms with Gasteiger partial charge in [-0.25, -0.2) is 18.1 Å². The molecule has 0 atom stereocenters. The summed E-state index contributed by atoms with van der Waals surface area (Å²) in [5.41, 5.74) is 5.48. The Morgan fingerprint density at radius 2 is 2.15 bits per heavy atom. The van der Waals surface area contributed by atoms with Gasteiger partial charge >= 0.3 is 0 Å². The largest absolute Gasteiger partial charge is 0.368 e. The van der Waals surface area contributed by atoms with Crippen molar-refractivity contribution in [1.82, 2.24) is 14.7 Å². The van der Waals surface area contributed by atoms with E-state index < -0.39 is 10.0 Å². The van der Waals surface area contributed by atoms with Crippen LogP contribution in [0.3, 0.4) is 0 Å². The van der Waals surface area contributed by atoms with Gasteiger partial charge in [0.2, 0.25) is 16.0 Å². The molecule has 0 unspecified atom stereocenters. The first-order chi connectivity index (χ1) is 9.40. The summed E-state index contributed by atoms with van der Waals surface area (Å²) in [6.07, 6.45) is 0. The zero-order valence-corrected chi connectivity index (χ0v) is 12.8. The highest BCUT2D eigenvalue weighted by atomic mass is 35.5. The van der Waals surface area contributed by atoms with Gasteiger partial charge in [-0.3, -0.25) is 0 Å². The van der Waals surface area contributed by atoms with Crippen LogP contribution in [0.4, 0.5) is 11.8 Å². The predicted octanol–water partition coefficient (Wildman–Crippen LogP) is 1.29. The number of thiophene rings is 1. The molecular weight excluding hydrogens is 322 g/mol. The lowest BCUT2D eigenvalue weighted by Gasteiger charge is -2.04. The second-order valence-corrected chi connectivity index (χ2v) is 7.38. The fraction of sp³-hybridized carbons (Fsp3) is 0.200. The number of halogens is 1. The quantitative estimate of drug-likeness (QED) is 0.711. The Labute approximate surface area is 125 Å². The van der Waals surface area contributed by atoms with Crippen molar-refractivity contribution < 1.29 is 8.42 Å². The molecule has 0 saturated carbocycles. The van der Waals surface area contributed by atoms with Crippen molar-refractivity contribution in [2.45, 2.75) is 10.8 Å². The highest BCUT2D eigenvalue weighted by molar-refractivity contribution is 7.91. The molecule has 0 fully saturated rings. The van der Waals surface area contributed by atoms with Crippen LogP contribution in [0.25, 0.3) is 0 Å². The molecule has 2 aromatic heterocycles. The van der Waals surface area contributed by atoms with Gasteiger partial charge in [-0.1, -0.05) is 11.6 Å². The predicted molar refractivity (Wildman–Crippen MR) is 79.3 cm³/mol. The number of nitrogens with zero attached hydrogens (tertiary/aromatic N) is 2. The first-order valence-corrected chi connectivity index (χ1v) is 8.14. The van der Waals surface area contributed by atoms with Crippen LogP contribution in [-0.2, 0) is 16.6 Å². The van der Waals surface area contributed by atoms with Gasteiger partial charge in [-0.05, 0) is 19.2 Å². The molecule has 0 bridgehead atoms. The average molecular weight is 334 g/mol. The maximum atomic E-state index is 11.6. The Hall–Kier alpha value is -1.42. The molecule has 108 valence electrons. The Kier molecular flexibility index (Phi) is 4.43. The maximum absolute atomic E-state index is 11.6. The standard InChI is InChI=1S/C10H12ClN5O2S2/c1-13-20(17,18)9-3-2-6(19-9)5-14-8-4-7(11)15-10(12)16-8/h2-4,13H,5H2,1H3,(H3,12,14,15,16). The van der Waals surface area contributed by atoms with Crippen molar-refractivity contribution in [3.63, 3.8) is 0 Å². The van der Waals surface area contributed by atoms with Gasteiger partial charge in [-0.2, -0.15) is 4.98 Å². The van der Waals surface area contributed by atoms with Gasteiger partial charge in [0, 0.05) is 10.9 Å². The minimum Gasteiger partial charge on any atom is -0.368 e. The zero-order chi connectivity index (χ0) is 14.8. The fourth-order valence-electron chi connectivity index (χ4n) is 1.40. The minimum atomic E-state index is -3.40. The lowest BCUT2D eigenvalue weighted by Crippen LogP contribution is -2.17. The molecule has 7 nitrogen and oxygen atoms in total. The number of sulfonamides is 1. The summed E-state index contributed by atoms with van der Waals surface area (Å²) in [6.45, 7) is 0.413. The maximum Gasteiger partial charge on any atom is 0.249 e. The normalized spacial score (nSPS) is 11.5. The third-order valence-corrected chi connectivity index (χ3v) is 5.51. The number of nitrogen functional groups attached to an aromatic ring is 1. The monoisotopic (exact) mass is 333 g/mol. The van der Waals surface area contributed by atoms with E-state index in [-0.39, 0.29) is 15.3 Å². The summed E-state index contributed by atoms with van der Waals surface area (Å²) in [5.74, 6) is 0.554. The lowest BCUT2D eigenvalue weighted by molar-refractivity contribution is 0.590. The van der Waals surface area contributed by atoms with Crippen molar-refractivity contribution in [3.05, 3.63) is 28.2 Å². The molecule has 2 rings (SSSR count). The van der Waals surface area contributed by atoms with Gasteiger partial charge in [-0.15, -0.1) is 11.3 Å². The SMILES string of the molecule is CNS(=O)(=O)c1ccc(CNc2cc(Cl)nc(N)n2)s1. The number of hydrogen-bond donors (Lipinski definition) is 3. The highest BCUT2D eigenvalue weighted by Gasteiger charge is 2.14. The Morgan fingerprint density at radius 3 is 2.80 bits per heavy atom. The summed E-state index contributed by atoms with van der Waals surface area (Å²) < 4.78 is 25.7. The molecule has 2 aromatic rings. The third kappa shape index (κ3) is 3.57. The van der Waals surface area contributed by atoms with Crippen LogP contribution >= 0.6 is 22.9 Å². The third-order valence-electron chi connectivity index (χ3n) is 2.33. The molecule has 0 amide bonds. The van der Waals surface area contributed by atoms with Crippen molar-refractivity contribution in [2.75, 3.05) is 18.1 Å². The average Bonchev–Trinajstić information content (AvgIpc) is 2.85. The molecule has 0 aliphatic rings. The number of anilines is 2. The van der Waals surface area contributed by atoms with E-state index in [1.54, 1.807) is 12.1 Å². The Morgan fingerprint density at radius 1 is 1.40 bits per heavy atom. The van der Waals surface area contributed by atoms with E-state index in [0.29, 0.717) is 12.4 Å². The molecule has 0 aliphatic heterocycles. The van der Waals surface area contributed by atoms with Crippen LogP contribution in [0.5, 0.6) is 0 Å². The molecule has 20 heavy (non-hydrogen) atoms. The zero-order valence-electron chi connectivity index (χ0n) is 10.4. The summed E-state index contributed by atoms with van der Waals surface area (Å²) in [4.78, 5) is 8.55. The van der Waals surface area contributed by atoms with Gasteiger partial charge < -0.3 is 11.1 Å². The van der Waals surface area contributed by atoms with Crippen molar-refractivity contribution in [1.29, 1.82) is 0 Å². The molecule has 2 heterocycles. The molecule has 4 N–H and O–H groups in total. The topological polar surface area (TPSA) is 110 Å². The summed E-state index contributed by atoms with van der Waals surface area (Å²) in [6, 6.07) is 4.82. The first kappa shape index (κ1) is 15.0. The van der Waals surface area contributed by atoms with Gasteiger partial charge in [0.05, 0.1) is 6.54 Å². The van der Waals surface area contributed by atoms with E-state index in [0.717, 1.165) is 4.88 Å². The molecule has 0 radical (unpaired) electrons. The molecule has 0 aromatic carbocycles. The van der Waals surface area contributed by atoms with E-state index in [1.165, 1.54) is 24.5 Å². The Bertz CT molecular complexity index is 696. The molecule has 0 saturated heterocycles. The summed E-state index contributed by atoms with van der Waals surface area (Å²) >= 11 is 6.93. The second kappa shape index (κ2) is 5.92. The van der Waals surface area contributed by atoms with Crippen LogP contribution < -0.4 is 15.8 Å². The van der Waals surface area contributed by atoms with Crippen molar-refractivity contribution in [3.8, 4) is 0 Å². The van der Waals surface area contributed by atoms with Gasteiger partial charge in [0.1, 0.15) is 15.2 Å². The number of aromatic nitrogens is 2. The van der Waals surface area contributed by atoms with Crippen LogP contribution in [-0.4, -0.2) is 25.4 Å². The van der Waals surface area contributed by atoms with Crippen molar-refractivity contribution >= 4 is 44.7 Å². The highest BCUT2D eigenvalue weighted by Crippen LogP contribution is 2.22. The van der Waals surface area contributed by atoms with Crippen LogP contribution in [0, 0.1) is 0 Å². The van der Waals surface area contributed by atoms with E-state index in [2.05, 4.69) is 20.0 Å². The number of nitrogens with two attached hydrogens (primary N) is 1. The van der Waals surface area contributed by atoms with Gasteiger partial charge in [0.15, 0.2) is 0 Å². The van der Waals surface area contributed by atoms with Crippen molar-refractivity contribution in [2.24, 2.45) is 0 Å². The number of nitrogens with one attached hydrogen (secondary N) is 2. The fourth-order valence-corrected chi connectivity index (χ4v) is 3.72. The van der Waals surface area contributed by atoms with E-state index in [1.807, 2.05) is 0 Å². The Balaban J connectivity index is 2.08. The van der Waals surface area contributed by atoms with Crippen LogP contribution in [0.1, 0.15) is 4.88 Å². The summed E-state index contributed by atoms with van der Waals surface area (Å²) in [5, 5.41) is 3.25. The van der Waals surface area contributed by atoms with Gasteiger partial charge in [0.25, 0.3) is 0 Å². The van der Waals surface area contributed by atoms with E-state index in [9.17, 15) is 8.42 Å². The molecule has 0 spiro atoms. The van der Waals surface area contributed by atoms with E-state index >= 15 is 0 Å².